The highest BCUT2D eigenvalue weighted by Gasteiger charge is 2.19. The summed E-state index contributed by atoms with van der Waals surface area (Å²) in [4.78, 5) is 14.0. The second-order valence-corrected chi connectivity index (χ2v) is 5.58. The molecule has 0 atom stereocenters. The number of ether oxygens (including phenoxy) is 2. The van der Waals surface area contributed by atoms with Crippen molar-refractivity contribution in [2.75, 3.05) is 20.8 Å². The molecular formula is C18H19ClFNO3. The largest absolute Gasteiger partial charge is 0.493 e. The first kappa shape index (κ1) is 18.1. The number of carbonyl (C=O) groups excluding carboxylic acids is 1. The minimum atomic E-state index is -0.348. The third-order valence-corrected chi connectivity index (χ3v) is 3.76. The van der Waals surface area contributed by atoms with Gasteiger partial charge in [0.15, 0.2) is 11.5 Å². The Hall–Kier alpha value is -2.27. The fourth-order valence-corrected chi connectivity index (χ4v) is 2.57. The van der Waals surface area contributed by atoms with Crippen LogP contribution in [-0.2, 0) is 6.54 Å². The van der Waals surface area contributed by atoms with Crippen molar-refractivity contribution >= 4 is 17.5 Å². The van der Waals surface area contributed by atoms with Gasteiger partial charge in [0.25, 0.3) is 5.91 Å². The summed E-state index contributed by atoms with van der Waals surface area (Å²) >= 11 is 6.19. The Balaban J connectivity index is 2.25. The van der Waals surface area contributed by atoms with Gasteiger partial charge in [-0.2, -0.15) is 0 Å². The van der Waals surface area contributed by atoms with Gasteiger partial charge in [0.1, 0.15) is 5.82 Å². The summed E-state index contributed by atoms with van der Waals surface area (Å²) in [5.74, 6) is 0.142. The Labute approximate surface area is 145 Å². The first-order valence-electron chi connectivity index (χ1n) is 7.47. The molecule has 0 bridgehead atoms. The lowest BCUT2D eigenvalue weighted by Gasteiger charge is -2.19. The van der Waals surface area contributed by atoms with Crippen molar-refractivity contribution in [3.63, 3.8) is 0 Å². The van der Waals surface area contributed by atoms with Gasteiger partial charge in [-0.25, -0.2) is 4.39 Å². The van der Waals surface area contributed by atoms with E-state index in [9.17, 15) is 9.18 Å². The molecule has 0 unspecified atom stereocenters. The van der Waals surface area contributed by atoms with Gasteiger partial charge in [-0.15, -0.1) is 0 Å². The molecule has 0 aliphatic rings. The second kappa shape index (κ2) is 8.02. The lowest BCUT2D eigenvalue weighted by molar-refractivity contribution is 0.0783. The van der Waals surface area contributed by atoms with Crippen molar-refractivity contribution in [2.24, 2.45) is 0 Å². The predicted molar refractivity (Wildman–Crippen MR) is 91.4 cm³/mol. The standard InChI is InChI=1S/C18H19ClFNO3/c1-4-24-17-14(19)9-13(10-16(17)23-3)18(22)21(2)11-12-7-5-6-8-15(12)20/h5-10H,4,11H2,1-3H3. The van der Waals surface area contributed by atoms with Crippen LogP contribution in [0.25, 0.3) is 0 Å². The molecule has 128 valence electrons. The number of nitrogens with zero attached hydrogens (tertiary/aromatic N) is 1. The zero-order valence-corrected chi connectivity index (χ0v) is 14.6. The van der Waals surface area contributed by atoms with Crippen molar-refractivity contribution in [3.8, 4) is 11.5 Å². The van der Waals surface area contributed by atoms with Crippen molar-refractivity contribution in [1.29, 1.82) is 0 Å². The molecule has 0 radical (unpaired) electrons. The fourth-order valence-electron chi connectivity index (χ4n) is 2.30. The van der Waals surface area contributed by atoms with E-state index in [1.165, 1.54) is 24.1 Å². The van der Waals surface area contributed by atoms with Gasteiger partial charge in [-0.05, 0) is 25.1 Å². The summed E-state index contributed by atoms with van der Waals surface area (Å²) in [5.41, 5.74) is 0.788. The van der Waals surface area contributed by atoms with E-state index in [2.05, 4.69) is 0 Å². The summed E-state index contributed by atoms with van der Waals surface area (Å²) in [6.45, 7) is 2.41. The van der Waals surface area contributed by atoms with Gasteiger partial charge in [0.05, 0.1) is 18.7 Å². The average molecular weight is 352 g/mol. The first-order valence-corrected chi connectivity index (χ1v) is 7.84. The van der Waals surface area contributed by atoms with Crippen molar-refractivity contribution in [2.45, 2.75) is 13.5 Å². The molecule has 1 amide bonds. The number of methoxy groups -OCH3 is 1. The van der Waals surface area contributed by atoms with Gasteiger partial charge in [0, 0.05) is 24.7 Å². The number of carbonyl (C=O) groups is 1. The summed E-state index contributed by atoms with van der Waals surface area (Å²) in [6, 6.07) is 9.44. The summed E-state index contributed by atoms with van der Waals surface area (Å²) in [6.07, 6.45) is 0. The quantitative estimate of drug-likeness (QED) is 0.784. The van der Waals surface area contributed by atoms with E-state index in [1.807, 2.05) is 6.92 Å². The van der Waals surface area contributed by atoms with E-state index < -0.39 is 0 Å². The predicted octanol–water partition coefficient (Wildman–Crippen LogP) is 4.16. The molecule has 2 aromatic rings. The number of amides is 1. The number of benzene rings is 2. The molecule has 2 aromatic carbocycles. The Morgan fingerprint density at radius 2 is 2.00 bits per heavy atom. The number of hydrogen-bond donors (Lipinski definition) is 0. The highest BCUT2D eigenvalue weighted by Crippen LogP contribution is 2.36. The summed E-state index contributed by atoms with van der Waals surface area (Å²) in [5, 5.41) is 0.291. The lowest BCUT2D eigenvalue weighted by atomic mass is 10.1. The normalized spacial score (nSPS) is 10.4. The lowest BCUT2D eigenvalue weighted by Crippen LogP contribution is -2.26. The van der Waals surface area contributed by atoms with Gasteiger partial charge in [0.2, 0.25) is 0 Å². The second-order valence-electron chi connectivity index (χ2n) is 5.18. The smallest absolute Gasteiger partial charge is 0.254 e. The zero-order chi connectivity index (χ0) is 17.7. The first-order chi connectivity index (χ1) is 11.5. The van der Waals surface area contributed by atoms with Crippen LogP contribution in [0.15, 0.2) is 36.4 Å². The molecule has 0 spiro atoms. The van der Waals surface area contributed by atoms with Crippen molar-refractivity contribution in [3.05, 3.63) is 58.4 Å². The van der Waals surface area contributed by atoms with E-state index in [0.717, 1.165) is 0 Å². The SMILES string of the molecule is CCOc1c(Cl)cc(C(=O)N(C)Cc2ccccc2F)cc1OC. The maximum atomic E-state index is 13.7. The molecular weight excluding hydrogens is 333 g/mol. The molecule has 0 aliphatic carbocycles. The fraction of sp³-hybridized carbons (Fsp3) is 0.278. The molecule has 0 aromatic heterocycles. The van der Waals surface area contributed by atoms with Crippen molar-refractivity contribution in [1.82, 2.24) is 4.90 Å². The Morgan fingerprint density at radius 3 is 2.62 bits per heavy atom. The molecule has 0 N–H and O–H groups in total. The maximum absolute atomic E-state index is 13.7. The monoisotopic (exact) mass is 351 g/mol. The van der Waals surface area contributed by atoms with Crippen LogP contribution in [0.3, 0.4) is 0 Å². The van der Waals surface area contributed by atoms with Gasteiger partial charge in [-0.1, -0.05) is 29.8 Å². The molecule has 0 aliphatic heterocycles. The molecule has 0 heterocycles. The molecule has 0 saturated heterocycles. The Kier molecular flexibility index (Phi) is 6.04. The number of hydrogen-bond acceptors (Lipinski definition) is 3. The van der Waals surface area contributed by atoms with E-state index >= 15 is 0 Å². The maximum Gasteiger partial charge on any atom is 0.254 e. The molecule has 0 saturated carbocycles. The summed E-state index contributed by atoms with van der Waals surface area (Å²) < 4.78 is 24.4. The highest BCUT2D eigenvalue weighted by molar-refractivity contribution is 6.32. The van der Waals surface area contributed by atoms with Crippen LogP contribution in [0.1, 0.15) is 22.8 Å². The molecule has 6 heteroatoms. The van der Waals surface area contributed by atoms with E-state index in [0.29, 0.717) is 34.3 Å². The number of halogens is 2. The highest BCUT2D eigenvalue weighted by atomic mass is 35.5. The molecule has 4 nitrogen and oxygen atoms in total. The average Bonchev–Trinajstić information content (AvgIpc) is 2.57. The minimum Gasteiger partial charge on any atom is -0.493 e. The number of rotatable bonds is 6. The van der Waals surface area contributed by atoms with Crippen LogP contribution in [0.2, 0.25) is 5.02 Å². The van der Waals surface area contributed by atoms with Crippen LogP contribution in [0.5, 0.6) is 11.5 Å². The van der Waals surface area contributed by atoms with Gasteiger partial charge >= 0.3 is 0 Å². The Morgan fingerprint density at radius 1 is 1.29 bits per heavy atom. The topological polar surface area (TPSA) is 38.8 Å². The van der Waals surface area contributed by atoms with Crippen LogP contribution < -0.4 is 9.47 Å². The van der Waals surface area contributed by atoms with E-state index in [-0.39, 0.29) is 18.3 Å². The molecule has 2 rings (SSSR count). The van der Waals surface area contributed by atoms with Gasteiger partial charge < -0.3 is 14.4 Å². The minimum absolute atomic E-state index is 0.151. The Bertz CT molecular complexity index is 736. The van der Waals surface area contributed by atoms with E-state index in [4.69, 9.17) is 21.1 Å². The molecule has 0 fully saturated rings. The summed E-state index contributed by atoms with van der Waals surface area (Å²) in [7, 11) is 3.08. The van der Waals surface area contributed by atoms with Crippen LogP contribution in [0.4, 0.5) is 4.39 Å². The van der Waals surface area contributed by atoms with Crippen LogP contribution in [-0.4, -0.2) is 31.6 Å². The zero-order valence-electron chi connectivity index (χ0n) is 13.8. The van der Waals surface area contributed by atoms with Crippen LogP contribution in [0, 0.1) is 5.82 Å². The van der Waals surface area contributed by atoms with E-state index in [1.54, 1.807) is 31.3 Å². The van der Waals surface area contributed by atoms with Crippen LogP contribution >= 0.6 is 11.6 Å². The van der Waals surface area contributed by atoms with Crippen molar-refractivity contribution < 1.29 is 18.7 Å². The molecule has 24 heavy (non-hydrogen) atoms. The van der Waals surface area contributed by atoms with Gasteiger partial charge in [-0.3, -0.25) is 4.79 Å². The third-order valence-electron chi connectivity index (χ3n) is 3.48. The third kappa shape index (κ3) is 3.97.